The van der Waals surface area contributed by atoms with Crippen LogP contribution >= 0.6 is 0 Å². The molecular weight excluding hydrogens is 154 g/mol. The number of rotatable bonds is 2. The molecule has 1 rings (SSSR count). The maximum Gasteiger partial charge on any atom is 0.0971 e. The second-order valence-electron chi connectivity index (χ2n) is 3.15. The molecule has 4 nitrogen and oxygen atoms in total. The van der Waals surface area contributed by atoms with Crippen molar-refractivity contribution in [2.75, 3.05) is 0 Å². The summed E-state index contributed by atoms with van der Waals surface area (Å²) in [5.41, 5.74) is 7.21. The van der Waals surface area contributed by atoms with E-state index in [-0.39, 0.29) is 6.04 Å². The third-order valence-electron chi connectivity index (χ3n) is 1.87. The highest BCUT2D eigenvalue weighted by Crippen LogP contribution is 2.17. The minimum Gasteiger partial charge on any atom is -0.387 e. The summed E-state index contributed by atoms with van der Waals surface area (Å²) in [6.45, 7) is 3.64. The van der Waals surface area contributed by atoms with Crippen molar-refractivity contribution in [3.63, 3.8) is 0 Å². The van der Waals surface area contributed by atoms with Gasteiger partial charge in [0.15, 0.2) is 0 Å². The first-order chi connectivity index (χ1) is 5.52. The van der Waals surface area contributed by atoms with Crippen LogP contribution in [0.4, 0.5) is 0 Å². The molecule has 0 amide bonds. The summed E-state index contributed by atoms with van der Waals surface area (Å²) in [7, 11) is 1.82. The number of nitrogens with two attached hydrogens (primary N) is 1. The number of nitrogens with zero attached hydrogens (tertiary/aromatic N) is 2. The van der Waals surface area contributed by atoms with Crippen LogP contribution in [-0.2, 0) is 7.05 Å². The second kappa shape index (κ2) is 3.25. The van der Waals surface area contributed by atoms with Gasteiger partial charge in [-0.05, 0) is 13.8 Å². The smallest absolute Gasteiger partial charge is 0.0971 e. The molecule has 1 aromatic heterocycles. The molecule has 1 aromatic rings. The SMILES string of the molecule is Cc1nn(C)cc1C(O)C(C)N. The van der Waals surface area contributed by atoms with Crippen LogP contribution in [0.2, 0.25) is 0 Å². The quantitative estimate of drug-likeness (QED) is 0.660. The Morgan fingerprint density at radius 1 is 1.67 bits per heavy atom. The zero-order valence-corrected chi connectivity index (χ0v) is 7.65. The van der Waals surface area contributed by atoms with Crippen molar-refractivity contribution in [3.05, 3.63) is 17.5 Å². The molecule has 0 radical (unpaired) electrons. The Kier molecular flexibility index (Phi) is 2.49. The Morgan fingerprint density at radius 3 is 2.58 bits per heavy atom. The number of hydrogen-bond acceptors (Lipinski definition) is 3. The van der Waals surface area contributed by atoms with Gasteiger partial charge in [0.1, 0.15) is 0 Å². The van der Waals surface area contributed by atoms with E-state index in [0.29, 0.717) is 0 Å². The summed E-state index contributed by atoms with van der Waals surface area (Å²) in [4.78, 5) is 0. The van der Waals surface area contributed by atoms with E-state index >= 15 is 0 Å². The average molecular weight is 169 g/mol. The van der Waals surface area contributed by atoms with Crippen molar-refractivity contribution in [2.45, 2.75) is 26.0 Å². The molecule has 0 aliphatic rings. The van der Waals surface area contributed by atoms with E-state index < -0.39 is 6.10 Å². The topological polar surface area (TPSA) is 64.1 Å². The number of aromatic nitrogens is 2. The van der Waals surface area contributed by atoms with Crippen molar-refractivity contribution < 1.29 is 5.11 Å². The highest BCUT2D eigenvalue weighted by atomic mass is 16.3. The first-order valence-corrected chi connectivity index (χ1v) is 3.96. The molecule has 0 saturated heterocycles. The van der Waals surface area contributed by atoms with E-state index in [2.05, 4.69) is 5.10 Å². The third-order valence-corrected chi connectivity index (χ3v) is 1.87. The molecule has 0 fully saturated rings. The fourth-order valence-electron chi connectivity index (χ4n) is 1.19. The summed E-state index contributed by atoms with van der Waals surface area (Å²) in [6.07, 6.45) is 1.18. The van der Waals surface area contributed by atoms with E-state index in [4.69, 9.17) is 5.73 Å². The molecule has 3 N–H and O–H groups in total. The Hall–Kier alpha value is -0.870. The average Bonchev–Trinajstić information content (AvgIpc) is 2.28. The lowest BCUT2D eigenvalue weighted by Crippen LogP contribution is -2.24. The largest absolute Gasteiger partial charge is 0.387 e. The van der Waals surface area contributed by atoms with Crippen molar-refractivity contribution in [1.29, 1.82) is 0 Å². The lowest BCUT2D eigenvalue weighted by Gasteiger charge is -2.12. The van der Waals surface area contributed by atoms with Gasteiger partial charge < -0.3 is 10.8 Å². The van der Waals surface area contributed by atoms with E-state index in [1.54, 1.807) is 17.8 Å². The van der Waals surface area contributed by atoms with Gasteiger partial charge in [-0.25, -0.2) is 0 Å². The van der Waals surface area contributed by atoms with Crippen molar-refractivity contribution in [1.82, 2.24) is 9.78 Å². The van der Waals surface area contributed by atoms with Gasteiger partial charge in [-0.15, -0.1) is 0 Å². The molecule has 68 valence electrons. The van der Waals surface area contributed by atoms with Gasteiger partial charge in [0, 0.05) is 24.8 Å². The van der Waals surface area contributed by atoms with E-state index in [9.17, 15) is 5.11 Å². The second-order valence-corrected chi connectivity index (χ2v) is 3.15. The Morgan fingerprint density at radius 2 is 2.25 bits per heavy atom. The lowest BCUT2D eigenvalue weighted by atomic mass is 10.1. The van der Waals surface area contributed by atoms with Crippen molar-refractivity contribution in [2.24, 2.45) is 12.8 Å². The van der Waals surface area contributed by atoms with Gasteiger partial charge in [0.2, 0.25) is 0 Å². The molecule has 0 spiro atoms. The molecule has 1 heterocycles. The fraction of sp³-hybridized carbons (Fsp3) is 0.625. The number of aliphatic hydroxyl groups is 1. The highest BCUT2D eigenvalue weighted by Gasteiger charge is 2.16. The van der Waals surface area contributed by atoms with Gasteiger partial charge in [-0.1, -0.05) is 0 Å². The molecule has 2 unspecified atom stereocenters. The van der Waals surface area contributed by atoms with Crippen LogP contribution in [0, 0.1) is 6.92 Å². The highest BCUT2D eigenvalue weighted by molar-refractivity contribution is 5.19. The molecule has 0 saturated carbocycles. The summed E-state index contributed by atoms with van der Waals surface area (Å²) in [5.74, 6) is 0. The zero-order valence-electron chi connectivity index (χ0n) is 7.65. The molecule has 12 heavy (non-hydrogen) atoms. The molecule has 0 bridgehead atoms. The van der Waals surface area contributed by atoms with Crippen LogP contribution in [0.5, 0.6) is 0 Å². The van der Waals surface area contributed by atoms with E-state index in [1.165, 1.54) is 0 Å². The number of aliphatic hydroxyl groups excluding tert-OH is 1. The zero-order chi connectivity index (χ0) is 9.30. The van der Waals surface area contributed by atoms with Gasteiger partial charge in [0.25, 0.3) is 0 Å². The predicted octanol–water partition coefficient (Wildman–Crippen LogP) is 0.109. The van der Waals surface area contributed by atoms with Gasteiger partial charge in [-0.3, -0.25) is 4.68 Å². The molecule has 0 aliphatic carbocycles. The van der Waals surface area contributed by atoms with Crippen LogP contribution in [0.1, 0.15) is 24.3 Å². The Labute approximate surface area is 72.0 Å². The van der Waals surface area contributed by atoms with Gasteiger partial charge in [0.05, 0.1) is 11.8 Å². The minimum atomic E-state index is -0.612. The summed E-state index contributed by atoms with van der Waals surface area (Å²) < 4.78 is 1.68. The van der Waals surface area contributed by atoms with Crippen LogP contribution < -0.4 is 5.73 Å². The van der Waals surface area contributed by atoms with Crippen molar-refractivity contribution in [3.8, 4) is 0 Å². The first kappa shape index (κ1) is 9.22. The summed E-state index contributed by atoms with van der Waals surface area (Å²) >= 11 is 0. The Balaban J connectivity index is 2.94. The minimum absolute atomic E-state index is 0.257. The summed E-state index contributed by atoms with van der Waals surface area (Å²) in [5, 5.41) is 13.7. The molecular formula is C8H15N3O. The molecule has 0 aliphatic heterocycles. The number of aryl methyl sites for hydroxylation is 2. The van der Waals surface area contributed by atoms with E-state index in [0.717, 1.165) is 11.3 Å². The standard InChI is InChI=1S/C8H15N3O/c1-5(9)8(12)7-4-11(3)10-6(7)2/h4-5,8,12H,9H2,1-3H3. The molecule has 0 aromatic carbocycles. The fourth-order valence-corrected chi connectivity index (χ4v) is 1.19. The maximum absolute atomic E-state index is 9.61. The van der Waals surface area contributed by atoms with Crippen LogP contribution in [0.25, 0.3) is 0 Å². The molecule has 2 atom stereocenters. The van der Waals surface area contributed by atoms with Gasteiger partial charge >= 0.3 is 0 Å². The maximum atomic E-state index is 9.61. The normalized spacial score (nSPS) is 16.1. The van der Waals surface area contributed by atoms with Gasteiger partial charge in [-0.2, -0.15) is 5.10 Å². The van der Waals surface area contributed by atoms with E-state index in [1.807, 2.05) is 14.0 Å². The Bertz CT molecular complexity index is 267. The van der Waals surface area contributed by atoms with Crippen LogP contribution in [-0.4, -0.2) is 20.9 Å². The third kappa shape index (κ3) is 1.65. The van der Waals surface area contributed by atoms with Crippen LogP contribution in [0.3, 0.4) is 0 Å². The first-order valence-electron chi connectivity index (χ1n) is 3.96. The van der Waals surface area contributed by atoms with Crippen molar-refractivity contribution >= 4 is 0 Å². The monoisotopic (exact) mass is 169 g/mol. The molecule has 4 heteroatoms. The number of hydrogen-bond donors (Lipinski definition) is 2. The predicted molar refractivity (Wildman–Crippen MR) is 46.6 cm³/mol. The lowest BCUT2D eigenvalue weighted by molar-refractivity contribution is 0.152. The van der Waals surface area contributed by atoms with Crippen LogP contribution in [0.15, 0.2) is 6.20 Å². The summed E-state index contributed by atoms with van der Waals surface area (Å²) in [6, 6.07) is -0.257.